The maximum atomic E-state index is 13.1. The van der Waals surface area contributed by atoms with E-state index in [0.717, 1.165) is 47.6 Å². The molecule has 3 aromatic rings. The molecule has 5 rings (SSSR count). The summed E-state index contributed by atoms with van der Waals surface area (Å²) < 4.78 is 28.9. The maximum absolute atomic E-state index is 13.1. The third-order valence-corrected chi connectivity index (χ3v) is 7.94. The van der Waals surface area contributed by atoms with Gasteiger partial charge < -0.3 is 38.6 Å². The number of carbonyl (C=O) groups is 1. The highest BCUT2D eigenvalue weighted by Crippen LogP contribution is 2.35. The van der Waals surface area contributed by atoms with Gasteiger partial charge in [0.2, 0.25) is 0 Å². The zero-order chi connectivity index (χ0) is 30.7. The van der Waals surface area contributed by atoms with Crippen LogP contribution in [0, 0.1) is 0 Å². The molecule has 3 aromatic carbocycles. The maximum Gasteiger partial charge on any atom is 0.410 e. The lowest BCUT2D eigenvalue weighted by atomic mass is 9.84. The van der Waals surface area contributed by atoms with Crippen LogP contribution in [0.5, 0.6) is 11.5 Å². The summed E-state index contributed by atoms with van der Waals surface area (Å²) in [5.74, 6) is 1.22. The number of nitrogens with zero attached hydrogens (tertiary/aromatic N) is 2. The van der Waals surface area contributed by atoms with Crippen molar-refractivity contribution in [3.8, 4) is 11.5 Å². The van der Waals surface area contributed by atoms with E-state index < -0.39 is 18.3 Å². The molecule has 0 radical (unpaired) electrons. The van der Waals surface area contributed by atoms with E-state index >= 15 is 0 Å². The van der Waals surface area contributed by atoms with Crippen LogP contribution in [0.25, 0.3) is 0 Å². The van der Waals surface area contributed by atoms with Gasteiger partial charge in [-0.25, -0.2) is 4.79 Å². The number of anilines is 1. The number of carbonyl (C=O) groups excluding carboxylic acids is 1. The molecule has 0 aliphatic carbocycles. The predicted octanol–water partition coefficient (Wildman–Crippen LogP) is 5.17. The average Bonchev–Trinajstić information content (AvgIpc) is 3.06. The van der Waals surface area contributed by atoms with Crippen LogP contribution in [0.4, 0.5) is 10.5 Å². The van der Waals surface area contributed by atoms with E-state index in [-0.39, 0.29) is 25.6 Å². The zero-order valence-corrected chi connectivity index (χ0v) is 25.3. The first-order valence-corrected chi connectivity index (χ1v) is 15.1. The van der Waals surface area contributed by atoms with Gasteiger partial charge in [-0.05, 0) is 47.4 Å². The third kappa shape index (κ3) is 8.11. The van der Waals surface area contributed by atoms with Crippen molar-refractivity contribution < 1.29 is 33.6 Å². The fraction of sp³-hybridized carbons (Fsp3) is 0.400. The minimum absolute atomic E-state index is 0.138. The van der Waals surface area contributed by atoms with Gasteiger partial charge in [0.05, 0.1) is 44.1 Å². The zero-order valence-electron chi connectivity index (χ0n) is 25.3. The molecule has 0 bridgehead atoms. The van der Waals surface area contributed by atoms with E-state index in [0.29, 0.717) is 32.2 Å². The molecule has 1 fully saturated rings. The number of rotatable bonds is 13. The second-order valence-electron chi connectivity index (χ2n) is 11.0. The molecule has 0 saturated carbocycles. The monoisotopic (exact) mass is 602 g/mol. The quantitative estimate of drug-likeness (QED) is 0.212. The van der Waals surface area contributed by atoms with Gasteiger partial charge in [-0.15, -0.1) is 0 Å². The Bertz CT molecular complexity index is 1350. The average molecular weight is 603 g/mol. The Morgan fingerprint density at radius 3 is 2.64 bits per heavy atom. The Morgan fingerprint density at radius 2 is 1.86 bits per heavy atom. The van der Waals surface area contributed by atoms with E-state index in [1.54, 1.807) is 13.2 Å². The molecule has 3 atom stereocenters. The van der Waals surface area contributed by atoms with Gasteiger partial charge in [0, 0.05) is 26.2 Å². The molecule has 1 saturated heterocycles. The van der Waals surface area contributed by atoms with Gasteiger partial charge in [0.15, 0.2) is 0 Å². The molecule has 44 heavy (non-hydrogen) atoms. The first-order valence-electron chi connectivity index (χ1n) is 15.1. The third-order valence-electron chi connectivity index (χ3n) is 7.94. The highest BCUT2D eigenvalue weighted by atomic mass is 16.6. The molecule has 2 aliphatic rings. The summed E-state index contributed by atoms with van der Waals surface area (Å²) in [6.45, 7) is 8.02. The number of likely N-dealkylation sites (tertiary alicyclic amines) is 1. The van der Waals surface area contributed by atoms with Gasteiger partial charge in [0.1, 0.15) is 31.3 Å². The van der Waals surface area contributed by atoms with Crippen LogP contribution in [-0.2, 0) is 27.4 Å². The molecular weight excluding hydrogens is 560 g/mol. The number of ether oxygens (including phenoxy) is 5. The number of β-amino-alcohol motifs (C(OH)–C–C–N with tert-alkyl or cyclic N) is 1. The van der Waals surface area contributed by atoms with Crippen LogP contribution < -0.4 is 14.4 Å². The van der Waals surface area contributed by atoms with E-state index in [9.17, 15) is 9.90 Å². The van der Waals surface area contributed by atoms with Crippen LogP contribution in [-0.4, -0.2) is 81.4 Å². The Hall–Kier alpha value is -4.05. The lowest BCUT2D eigenvalue weighted by molar-refractivity contribution is -0.0692. The van der Waals surface area contributed by atoms with Crippen LogP contribution in [0.1, 0.15) is 29.0 Å². The number of hydrogen-bond donors (Lipinski definition) is 1. The molecule has 9 nitrogen and oxygen atoms in total. The highest BCUT2D eigenvalue weighted by molar-refractivity contribution is 5.68. The number of benzene rings is 3. The van der Waals surface area contributed by atoms with Crippen molar-refractivity contribution in [3.63, 3.8) is 0 Å². The van der Waals surface area contributed by atoms with Gasteiger partial charge in [-0.3, -0.25) is 0 Å². The van der Waals surface area contributed by atoms with Gasteiger partial charge >= 0.3 is 6.09 Å². The minimum Gasteiger partial charge on any atom is -0.490 e. The molecule has 9 heteroatoms. The molecule has 2 heterocycles. The van der Waals surface area contributed by atoms with Crippen LogP contribution in [0.3, 0.4) is 0 Å². The molecule has 0 aromatic heterocycles. The van der Waals surface area contributed by atoms with Crippen LogP contribution in [0.15, 0.2) is 85.5 Å². The summed E-state index contributed by atoms with van der Waals surface area (Å²) in [5, 5.41) is 11.4. The Balaban J connectivity index is 1.31. The summed E-state index contributed by atoms with van der Waals surface area (Å²) in [6.07, 6.45) is 0.802. The number of methoxy groups -OCH3 is 1. The molecular formula is C35H42N2O7. The van der Waals surface area contributed by atoms with E-state index in [4.69, 9.17) is 23.7 Å². The number of piperidine rings is 1. The Labute approximate surface area is 259 Å². The van der Waals surface area contributed by atoms with E-state index in [1.807, 2.05) is 66.7 Å². The van der Waals surface area contributed by atoms with Crippen molar-refractivity contribution in [1.82, 2.24) is 4.90 Å². The molecule has 234 valence electrons. The first-order chi connectivity index (χ1) is 21.6. The smallest absolute Gasteiger partial charge is 0.410 e. The van der Waals surface area contributed by atoms with Crippen molar-refractivity contribution in [3.05, 3.63) is 102 Å². The fourth-order valence-corrected chi connectivity index (χ4v) is 5.73. The fourth-order valence-electron chi connectivity index (χ4n) is 5.73. The largest absolute Gasteiger partial charge is 0.490 e. The normalized spacial score (nSPS) is 19.5. The van der Waals surface area contributed by atoms with E-state index in [2.05, 4.69) is 17.5 Å². The summed E-state index contributed by atoms with van der Waals surface area (Å²) >= 11 is 0. The molecule has 1 amide bonds. The number of fused-ring (bicyclic) bond motifs is 1. The standard InChI is InChI=1S/C35H42N2O7/c1-3-18-41-29-13-11-28(12-14-29)34-31(38)22-37(35(39)44-24-26-8-5-4-6-9-26)23-33(34)43-25-27-10-15-32-30(21-27)36(17-20-42-32)16-7-19-40-2/h3-6,8-15,21,31,33-34,38H,1,7,16-20,22-25H2,2H3/t31-,33+,34+/m1/s1. The summed E-state index contributed by atoms with van der Waals surface area (Å²) in [7, 11) is 1.72. The van der Waals surface area contributed by atoms with Gasteiger partial charge in [-0.2, -0.15) is 0 Å². The lowest BCUT2D eigenvalue weighted by Gasteiger charge is -2.41. The second kappa shape index (κ2) is 15.6. The van der Waals surface area contributed by atoms with Crippen molar-refractivity contribution in [1.29, 1.82) is 0 Å². The first kappa shape index (κ1) is 31.4. The van der Waals surface area contributed by atoms with Gasteiger partial charge in [0.25, 0.3) is 0 Å². The molecule has 1 N–H and O–H groups in total. The summed E-state index contributed by atoms with van der Waals surface area (Å²) in [4.78, 5) is 17.0. The number of aliphatic hydroxyl groups is 1. The molecule has 2 aliphatic heterocycles. The van der Waals surface area contributed by atoms with Gasteiger partial charge in [-0.1, -0.05) is 61.2 Å². The Morgan fingerprint density at radius 1 is 1.05 bits per heavy atom. The predicted molar refractivity (Wildman–Crippen MR) is 168 cm³/mol. The van der Waals surface area contributed by atoms with Crippen molar-refractivity contribution in [2.75, 3.05) is 58.0 Å². The highest BCUT2D eigenvalue weighted by Gasteiger charge is 2.40. The number of amides is 1. The van der Waals surface area contributed by atoms with E-state index in [1.165, 1.54) is 4.90 Å². The topological polar surface area (TPSA) is 89.9 Å². The second-order valence-corrected chi connectivity index (χ2v) is 11.0. The SMILES string of the molecule is C=CCOc1ccc([C@H]2[C@H](O)CN(C(=O)OCc3ccccc3)C[C@@H]2OCc2ccc3c(c2)N(CCCOC)CCO3)cc1. The van der Waals surface area contributed by atoms with Crippen LogP contribution in [0.2, 0.25) is 0 Å². The lowest BCUT2D eigenvalue weighted by Crippen LogP contribution is -2.53. The minimum atomic E-state index is -0.855. The number of aliphatic hydroxyl groups excluding tert-OH is 1. The summed E-state index contributed by atoms with van der Waals surface area (Å²) in [5.41, 5.74) is 3.83. The van der Waals surface area contributed by atoms with Crippen LogP contribution >= 0.6 is 0 Å². The number of hydrogen-bond acceptors (Lipinski definition) is 8. The van der Waals surface area contributed by atoms with Crippen molar-refractivity contribution in [2.45, 2.75) is 37.8 Å². The molecule has 0 spiro atoms. The summed E-state index contributed by atoms with van der Waals surface area (Å²) in [6, 6.07) is 23.3. The van der Waals surface area contributed by atoms with Crippen molar-refractivity contribution >= 4 is 11.8 Å². The van der Waals surface area contributed by atoms with Crippen molar-refractivity contribution in [2.24, 2.45) is 0 Å². The molecule has 0 unspecified atom stereocenters. The Kier molecular flexibility index (Phi) is 11.1.